The quantitative estimate of drug-likeness (QED) is 0.276. The lowest BCUT2D eigenvalue weighted by Crippen LogP contribution is -2.41. The van der Waals surface area contributed by atoms with Gasteiger partial charge in [-0.3, -0.25) is 9.79 Å². The average molecular weight is 341 g/mol. The maximum absolute atomic E-state index is 11.3. The first-order valence-corrected chi connectivity index (χ1v) is 9.59. The number of nitrogens with zero attached hydrogens (tertiary/aromatic N) is 2. The Labute approximate surface area is 147 Å². The van der Waals surface area contributed by atoms with Gasteiger partial charge in [0.25, 0.3) is 0 Å². The van der Waals surface area contributed by atoms with Gasteiger partial charge >= 0.3 is 5.97 Å². The first-order valence-electron chi connectivity index (χ1n) is 9.59. The van der Waals surface area contributed by atoms with Gasteiger partial charge in [0, 0.05) is 38.6 Å². The normalized spacial score (nSPS) is 19.1. The van der Waals surface area contributed by atoms with Crippen LogP contribution >= 0.6 is 0 Å². The number of carbonyl (C=O) groups is 1. The van der Waals surface area contributed by atoms with Crippen LogP contribution in [0.2, 0.25) is 0 Å². The van der Waals surface area contributed by atoms with Gasteiger partial charge in [0.2, 0.25) is 0 Å². The number of guanidine groups is 1. The summed E-state index contributed by atoms with van der Waals surface area (Å²) in [6.07, 6.45) is 6.32. The maximum atomic E-state index is 11.3. The zero-order valence-corrected chi connectivity index (χ0v) is 15.8. The van der Waals surface area contributed by atoms with Crippen LogP contribution in [0.3, 0.4) is 0 Å². The van der Waals surface area contributed by atoms with Crippen molar-refractivity contribution in [3.8, 4) is 0 Å². The number of nitrogens with one attached hydrogen (secondary N) is 2. The predicted octanol–water partition coefficient (Wildman–Crippen LogP) is 2.15. The third kappa shape index (κ3) is 9.11. The monoisotopic (exact) mass is 340 g/mol. The van der Waals surface area contributed by atoms with Gasteiger partial charge < -0.3 is 20.3 Å². The van der Waals surface area contributed by atoms with Crippen LogP contribution in [0.1, 0.15) is 59.3 Å². The number of piperidine rings is 1. The van der Waals surface area contributed by atoms with Gasteiger partial charge in [-0.1, -0.05) is 6.42 Å². The minimum Gasteiger partial charge on any atom is -0.466 e. The lowest BCUT2D eigenvalue weighted by molar-refractivity contribution is -0.143. The molecule has 1 aliphatic heterocycles. The lowest BCUT2D eigenvalue weighted by atomic mass is 10.0. The molecule has 0 aromatic carbocycles. The molecular formula is C18H36N4O2. The van der Waals surface area contributed by atoms with E-state index in [1.165, 1.54) is 25.8 Å². The molecule has 0 aromatic heterocycles. The number of hydrogen-bond acceptors (Lipinski definition) is 4. The van der Waals surface area contributed by atoms with E-state index in [9.17, 15) is 4.79 Å². The standard InChI is InChI=1S/C18H36N4O2/c1-4-19-18(20-12-8-11-17(23)24-5-2)21-13-9-15-22-14-7-6-10-16(22)3/h16H,4-15H2,1-3H3,(H2,19,20,21). The highest BCUT2D eigenvalue weighted by Crippen LogP contribution is 2.15. The molecule has 24 heavy (non-hydrogen) atoms. The Morgan fingerprint density at radius 3 is 2.79 bits per heavy atom. The summed E-state index contributed by atoms with van der Waals surface area (Å²) in [5, 5.41) is 6.64. The molecule has 0 amide bonds. The van der Waals surface area contributed by atoms with E-state index in [1.54, 1.807) is 0 Å². The topological polar surface area (TPSA) is 66.0 Å². The highest BCUT2D eigenvalue weighted by atomic mass is 16.5. The second-order valence-corrected chi connectivity index (χ2v) is 6.33. The fraction of sp³-hybridized carbons (Fsp3) is 0.889. The van der Waals surface area contributed by atoms with Gasteiger partial charge in [0.05, 0.1) is 6.61 Å². The Bertz CT molecular complexity index is 374. The average Bonchev–Trinajstić information content (AvgIpc) is 2.57. The van der Waals surface area contributed by atoms with E-state index in [-0.39, 0.29) is 5.97 Å². The van der Waals surface area contributed by atoms with Gasteiger partial charge in [-0.25, -0.2) is 0 Å². The minimum atomic E-state index is -0.138. The molecule has 1 aliphatic rings. The number of carbonyl (C=O) groups excluding carboxylic acids is 1. The number of esters is 1. The molecule has 2 N–H and O–H groups in total. The fourth-order valence-electron chi connectivity index (χ4n) is 2.97. The molecule has 0 spiro atoms. The molecule has 0 bridgehead atoms. The van der Waals surface area contributed by atoms with E-state index >= 15 is 0 Å². The largest absolute Gasteiger partial charge is 0.466 e. The van der Waals surface area contributed by atoms with Crippen molar-refractivity contribution in [3.05, 3.63) is 0 Å². The number of likely N-dealkylation sites (tertiary alicyclic amines) is 1. The summed E-state index contributed by atoms with van der Waals surface area (Å²) in [6, 6.07) is 0.725. The molecule has 0 aliphatic carbocycles. The Morgan fingerprint density at radius 2 is 2.08 bits per heavy atom. The molecule has 6 heteroatoms. The summed E-state index contributed by atoms with van der Waals surface area (Å²) < 4.78 is 4.92. The van der Waals surface area contributed by atoms with Gasteiger partial charge in [-0.2, -0.15) is 0 Å². The van der Waals surface area contributed by atoms with Gasteiger partial charge in [0.15, 0.2) is 5.96 Å². The summed E-state index contributed by atoms with van der Waals surface area (Å²) in [6.45, 7) is 11.5. The van der Waals surface area contributed by atoms with Gasteiger partial charge in [-0.05, 0) is 53.0 Å². The summed E-state index contributed by atoms with van der Waals surface area (Å²) in [4.78, 5) is 18.4. The summed E-state index contributed by atoms with van der Waals surface area (Å²) >= 11 is 0. The van der Waals surface area contributed by atoms with Crippen LogP contribution in [-0.2, 0) is 9.53 Å². The highest BCUT2D eigenvalue weighted by molar-refractivity contribution is 5.79. The van der Waals surface area contributed by atoms with Crippen molar-refractivity contribution in [2.24, 2.45) is 4.99 Å². The number of aliphatic imine (C=N–C) groups is 1. The van der Waals surface area contributed by atoms with Crippen LogP contribution in [0.5, 0.6) is 0 Å². The van der Waals surface area contributed by atoms with Crippen molar-refractivity contribution >= 4 is 11.9 Å². The Kier molecular flexibility index (Phi) is 11.3. The molecular weight excluding hydrogens is 304 g/mol. The van der Waals surface area contributed by atoms with Crippen LogP contribution in [0.4, 0.5) is 0 Å². The van der Waals surface area contributed by atoms with Crippen molar-refractivity contribution in [3.63, 3.8) is 0 Å². The first kappa shape index (κ1) is 20.7. The lowest BCUT2D eigenvalue weighted by Gasteiger charge is -2.33. The third-order valence-corrected chi connectivity index (χ3v) is 4.31. The molecule has 0 radical (unpaired) electrons. The fourth-order valence-corrected chi connectivity index (χ4v) is 2.97. The second kappa shape index (κ2) is 13.0. The van der Waals surface area contributed by atoms with Crippen LogP contribution in [0.25, 0.3) is 0 Å². The SMILES string of the molecule is CCNC(=NCCCC(=O)OCC)NCCCN1CCCCC1C. The summed E-state index contributed by atoms with van der Waals surface area (Å²) in [5.41, 5.74) is 0. The Hall–Kier alpha value is -1.30. The maximum Gasteiger partial charge on any atom is 0.305 e. The molecule has 1 saturated heterocycles. The second-order valence-electron chi connectivity index (χ2n) is 6.33. The number of ether oxygens (including phenoxy) is 1. The van der Waals surface area contributed by atoms with E-state index in [0.717, 1.165) is 44.5 Å². The summed E-state index contributed by atoms with van der Waals surface area (Å²) in [5.74, 6) is 0.703. The van der Waals surface area contributed by atoms with Crippen LogP contribution < -0.4 is 10.6 Å². The Balaban J connectivity index is 2.19. The molecule has 1 heterocycles. The first-order chi connectivity index (χ1) is 11.7. The smallest absolute Gasteiger partial charge is 0.305 e. The van der Waals surface area contributed by atoms with Crippen molar-refractivity contribution in [2.75, 3.05) is 39.3 Å². The third-order valence-electron chi connectivity index (χ3n) is 4.31. The van der Waals surface area contributed by atoms with Gasteiger partial charge in [-0.15, -0.1) is 0 Å². The van der Waals surface area contributed by atoms with Gasteiger partial charge in [0.1, 0.15) is 0 Å². The van der Waals surface area contributed by atoms with Crippen molar-refractivity contribution < 1.29 is 9.53 Å². The molecule has 1 atom stereocenters. The molecule has 6 nitrogen and oxygen atoms in total. The van der Waals surface area contributed by atoms with E-state index in [0.29, 0.717) is 19.6 Å². The molecule has 1 rings (SSSR count). The molecule has 1 fully saturated rings. The number of rotatable bonds is 10. The van der Waals surface area contributed by atoms with Crippen LogP contribution in [0.15, 0.2) is 4.99 Å². The Morgan fingerprint density at radius 1 is 1.25 bits per heavy atom. The minimum absolute atomic E-state index is 0.138. The van der Waals surface area contributed by atoms with Crippen molar-refractivity contribution in [1.29, 1.82) is 0 Å². The zero-order valence-electron chi connectivity index (χ0n) is 15.8. The van der Waals surface area contributed by atoms with E-state index in [2.05, 4.69) is 34.4 Å². The van der Waals surface area contributed by atoms with Crippen LogP contribution in [0, 0.1) is 0 Å². The number of hydrogen-bond donors (Lipinski definition) is 2. The molecule has 1 unspecified atom stereocenters. The van der Waals surface area contributed by atoms with E-state index in [1.807, 2.05) is 6.92 Å². The van der Waals surface area contributed by atoms with E-state index in [4.69, 9.17) is 4.74 Å². The molecule has 140 valence electrons. The van der Waals surface area contributed by atoms with Crippen molar-refractivity contribution in [1.82, 2.24) is 15.5 Å². The van der Waals surface area contributed by atoms with Crippen molar-refractivity contribution in [2.45, 2.75) is 65.3 Å². The zero-order chi connectivity index (χ0) is 17.6. The molecule has 0 saturated carbocycles. The highest BCUT2D eigenvalue weighted by Gasteiger charge is 2.17. The van der Waals surface area contributed by atoms with E-state index < -0.39 is 0 Å². The van der Waals surface area contributed by atoms with Crippen LogP contribution in [-0.4, -0.2) is 62.2 Å². The summed E-state index contributed by atoms with van der Waals surface area (Å²) in [7, 11) is 0. The molecule has 0 aromatic rings. The predicted molar refractivity (Wildman–Crippen MR) is 99.4 cm³/mol.